The van der Waals surface area contributed by atoms with Gasteiger partial charge >= 0.3 is 0 Å². The fourth-order valence-corrected chi connectivity index (χ4v) is 4.00. The van der Waals surface area contributed by atoms with Crippen LogP contribution in [0.1, 0.15) is 32.1 Å². The Bertz CT molecular complexity index is 547. The normalized spacial score (nSPS) is 19.8. The first kappa shape index (κ1) is 18.1. The molecule has 2 fully saturated rings. The first-order valence-corrected chi connectivity index (χ1v) is 9.62. The van der Waals surface area contributed by atoms with Crippen LogP contribution in [0.3, 0.4) is 0 Å². The van der Waals surface area contributed by atoms with Gasteiger partial charge in [-0.1, -0.05) is 19.3 Å². The number of benzene rings is 1. The maximum atomic E-state index is 12.5. The molecule has 1 aliphatic heterocycles. The summed E-state index contributed by atoms with van der Waals surface area (Å²) in [5, 5.41) is 9.40. The second kappa shape index (κ2) is 8.56. The molecule has 1 saturated carbocycles. The van der Waals surface area contributed by atoms with E-state index in [1.165, 1.54) is 32.1 Å². The van der Waals surface area contributed by atoms with Crippen molar-refractivity contribution in [1.82, 2.24) is 9.80 Å². The molecule has 0 bridgehead atoms. The Morgan fingerprint density at radius 2 is 1.72 bits per heavy atom. The predicted molar refractivity (Wildman–Crippen MR) is 101 cm³/mol. The minimum Gasteiger partial charge on any atom is -0.508 e. The number of hydrogen-bond acceptors (Lipinski definition) is 4. The van der Waals surface area contributed by atoms with E-state index in [0.29, 0.717) is 18.2 Å². The smallest absolute Gasteiger partial charge is 0.236 e. The molecule has 1 N–H and O–H groups in total. The van der Waals surface area contributed by atoms with Crippen LogP contribution in [0.15, 0.2) is 24.3 Å². The van der Waals surface area contributed by atoms with Gasteiger partial charge in [-0.05, 0) is 43.0 Å². The van der Waals surface area contributed by atoms with Crippen molar-refractivity contribution in [3.8, 4) is 5.75 Å². The minimum absolute atomic E-state index is 0.253. The highest BCUT2D eigenvalue weighted by Gasteiger charge is 2.22. The van der Waals surface area contributed by atoms with Gasteiger partial charge in [-0.15, -0.1) is 0 Å². The minimum atomic E-state index is 0.253. The number of aromatic hydroxyl groups is 1. The monoisotopic (exact) mass is 345 g/mol. The third kappa shape index (κ3) is 5.11. The van der Waals surface area contributed by atoms with Crippen molar-refractivity contribution in [3.05, 3.63) is 24.3 Å². The molecular formula is C20H31N3O2. The Hall–Kier alpha value is -1.75. The molecule has 5 heteroatoms. The molecule has 1 aromatic rings. The maximum Gasteiger partial charge on any atom is 0.236 e. The SMILES string of the molecule is CN(CC1CCCCC1)C(=O)CN1CCN(c2ccc(O)cc2)CC1. The number of piperazine rings is 1. The van der Waals surface area contributed by atoms with Gasteiger partial charge in [0.1, 0.15) is 5.75 Å². The van der Waals surface area contributed by atoms with Crippen molar-refractivity contribution in [3.63, 3.8) is 0 Å². The highest BCUT2D eigenvalue weighted by Crippen LogP contribution is 2.24. The Morgan fingerprint density at radius 1 is 1.08 bits per heavy atom. The number of phenolic OH excluding ortho intramolecular Hbond substituents is 1. The second-order valence-electron chi connectivity index (χ2n) is 7.56. The first-order valence-electron chi connectivity index (χ1n) is 9.62. The maximum absolute atomic E-state index is 12.5. The Labute approximate surface area is 151 Å². The highest BCUT2D eigenvalue weighted by molar-refractivity contribution is 5.78. The number of phenols is 1. The topological polar surface area (TPSA) is 47.0 Å². The van der Waals surface area contributed by atoms with Crippen LogP contribution < -0.4 is 4.90 Å². The number of hydrogen-bond donors (Lipinski definition) is 1. The second-order valence-corrected chi connectivity index (χ2v) is 7.56. The van der Waals surface area contributed by atoms with E-state index < -0.39 is 0 Å². The molecule has 25 heavy (non-hydrogen) atoms. The van der Waals surface area contributed by atoms with Crippen LogP contribution in [-0.4, -0.2) is 67.1 Å². The van der Waals surface area contributed by atoms with Crippen molar-refractivity contribution >= 4 is 11.6 Å². The summed E-state index contributed by atoms with van der Waals surface area (Å²) in [6.45, 7) is 5.11. The van der Waals surface area contributed by atoms with Gasteiger partial charge in [0.15, 0.2) is 0 Å². The quantitative estimate of drug-likeness (QED) is 0.891. The standard InChI is InChI=1S/C20H31N3O2/c1-21(15-17-5-3-2-4-6-17)20(25)16-22-11-13-23(14-12-22)18-7-9-19(24)10-8-18/h7-10,17,24H,2-6,11-16H2,1H3. The van der Waals surface area contributed by atoms with Crippen LogP contribution in [0, 0.1) is 5.92 Å². The summed E-state index contributed by atoms with van der Waals surface area (Å²) < 4.78 is 0. The molecule has 1 saturated heterocycles. The first-order chi connectivity index (χ1) is 12.1. The van der Waals surface area contributed by atoms with Crippen molar-refractivity contribution < 1.29 is 9.90 Å². The molecule has 1 amide bonds. The van der Waals surface area contributed by atoms with Crippen LogP contribution in [0.2, 0.25) is 0 Å². The Balaban J connectivity index is 1.41. The molecule has 1 heterocycles. The number of likely N-dealkylation sites (N-methyl/N-ethyl adjacent to an activating group) is 1. The Morgan fingerprint density at radius 3 is 2.36 bits per heavy atom. The molecule has 2 aliphatic rings. The number of amides is 1. The zero-order valence-corrected chi connectivity index (χ0v) is 15.4. The van der Waals surface area contributed by atoms with Gasteiger partial charge in [0.25, 0.3) is 0 Å². The third-order valence-electron chi connectivity index (χ3n) is 5.63. The average molecular weight is 345 g/mol. The molecule has 5 nitrogen and oxygen atoms in total. The van der Waals surface area contributed by atoms with E-state index in [0.717, 1.165) is 38.4 Å². The molecule has 138 valence electrons. The summed E-state index contributed by atoms with van der Waals surface area (Å²) >= 11 is 0. The van der Waals surface area contributed by atoms with Gasteiger partial charge in [-0.2, -0.15) is 0 Å². The molecule has 3 rings (SSSR count). The van der Waals surface area contributed by atoms with Gasteiger partial charge in [0.05, 0.1) is 6.54 Å². The lowest BCUT2D eigenvalue weighted by Gasteiger charge is -2.36. The van der Waals surface area contributed by atoms with E-state index in [9.17, 15) is 9.90 Å². The van der Waals surface area contributed by atoms with Gasteiger partial charge in [-0.3, -0.25) is 9.69 Å². The zero-order valence-electron chi connectivity index (χ0n) is 15.4. The zero-order chi connectivity index (χ0) is 17.6. The summed E-state index contributed by atoms with van der Waals surface area (Å²) in [6.07, 6.45) is 6.57. The van der Waals surface area contributed by atoms with Crippen molar-refractivity contribution in [1.29, 1.82) is 0 Å². The van der Waals surface area contributed by atoms with Gasteiger partial charge in [0, 0.05) is 45.5 Å². The van der Waals surface area contributed by atoms with E-state index in [2.05, 4.69) is 9.80 Å². The highest BCUT2D eigenvalue weighted by atomic mass is 16.3. The van der Waals surface area contributed by atoms with E-state index in [-0.39, 0.29) is 5.91 Å². The Kier molecular flexibility index (Phi) is 6.19. The van der Waals surface area contributed by atoms with E-state index in [1.807, 2.05) is 24.1 Å². The van der Waals surface area contributed by atoms with Crippen LogP contribution in [0.4, 0.5) is 5.69 Å². The fraction of sp³-hybridized carbons (Fsp3) is 0.650. The lowest BCUT2D eigenvalue weighted by molar-refractivity contribution is -0.131. The largest absolute Gasteiger partial charge is 0.508 e. The number of rotatable bonds is 5. The summed E-state index contributed by atoms with van der Waals surface area (Å²) in [5.74, 6) is 1.26. The molecule has 0 unspecified atom stereocenters. The van der Waals surface area contributed by atoms with E-state index >= 15 is 0 Å². The molecule has 0 aromatic heterocycles. The van der Waals surface area contributed by atoms with Crippen LogP contribution in [-0.2, 0) is 4.79 Å². The summed E-state index contributed by atoms with van der Waals surface area (Å²) in [5.41, 5.74) is 1.14. The van der Waals surface area contributed by atoms with Crippen molar-refractivity contribution in [2.75, 3.05) is 51.2 Å². The van der Waals surface area contributed by atoms with E-state index in [1.54, 1.807) is 12.1 Å². The fourth-order valence-electron chi connectivity index (χ4n) is 4.00. The molecule has 1 aliphatic carbocycles. The summed E-state index contributed by atoms with van der Waals surface area (Å²) in [7, 11) is 1.96. The van der Waals surface area contributed by atoms with Crippen LogP contribution >= 0.6 is 0 Å². The lowest BCUT2D eigenvalue weighted by Crippen LogP contribution is -2.50. The van der Waals surface area contributed by atoms with Gasteiger partial charge < -0.3 is 14.9 Å². The van der Waals surface area contributed by atoms with Gasteiger partial charge in [0.2, 0.25) is 5.91 Å². The number of carbonyl (C=O) groups excluding carboxylic acids is 1. The van der Waals surface area contributed by atoms with Crippen molar-refractivity contribution in [2.24, 2.45) is 5.92 Å². The molecule has 0 atom stereocenters. The van der Waals surface area contributed by atoms with Crippen molar-refractivity contribution in [2.45, 2.75) is 32.1 Å². The van der Waals surface area contributed by atoms with Crippen LogP contribution in [0.25, 0.3) is 0 Å². The number of nitrogens with zero attached hydrogens (tertiary/aromatic N) is 3. The molecule has 0 spiro atoms. The van der Waals surface area contributed by atoms with E-state index in [4.69, 9.17) is 0 Å². The molecular weight excluding hydrogens is 314 g/mol. The molecule has 0 radical (unpaired) electrons. The summed E-state index contributed by atoms with van der Waals surface area (Å²) in [4.78, 5) is 19.0. The summed E-state index contributed by atoms with van der Waals surface area (Å²) in [6, 6.07) is 7.36. The molecule has 1 aromatic carbocycles. The van der Waals surface area contributed by atoms with Gasteiger partial charge in [-0.25, -0.2) is 0 Å². The average Bonchev–Trinajstić information content (AvgIpc) is 2.64. The number of anilines is 1. The lowest BCUT2D eigenvalue weighted by atomic mass is 9.89. The third-order valence-corrected chi connectivity index (χ3v) is 5.63. The predicted octanol–water partition coefficient (Wildman–Crippen LogP) is 2.55. The van der Waals surface area contributed by atoms with Crippen LogP contribution in [0.5, 0.6) is 5.75 Å². The number of carbonyl (C=O) groups is 1.